The molecule has 0 aromatic heterocycles. The first-order valence-electron chi connectivity index (χ1n) is 6.44. The van der Waals surface area contributed by atoms with Crippen molar-refractivity contribution < 1.29 is 9.18 Å². The number of halogens is 1. The molecule has 2 rings (SSSR count). The van der Waals surface area contributed by atoms with E-state index in [1.165, 1.54) is 6.07 Å². The van der Waals surface area contributed by atoms with Gasteiger partial charge < -0.3 is 15.5 Å². The highest BCUT2D eigenvalue weighted by atomic mass is 19.1. The molecule has 19 heavy (non-hydrogen) atoms. The molecule has 1 unspecified atom stereocenters. The van der Waals surface area contributed by atoms with Crippen LogP contribution in [0, 0.1) is 12.7 Å². The molecule has 1 saturated heterocycles. The van der Waals surface area contributed by atoms with Gasteiger partial charge in [0, 0.05) is 31.9 Å². The van der Waals surface area contributed by atoms with E-state index in [1.54, 1.807) is 24.9 Å². The predicted molar refractivity (Wildman–Crippen MR) is 73.6 cm³/mol. The van der Waals surface area contributed by atoms with E-state index in [0.717, 1.165) is 17.8 Å². The fourth-order valence-electron chi connectivity index (χ4n) is 2.28. The van der Waals surface area contributed by atoms with Crippen LogP contribution in [-0.4, -0.2) is 37.5 Å². The first-order valence-corrected chi connectivity index (χ1v) is 6.44. The molecule has 1 fully saturated rings. The number of carbonyl (C=O) groups excluding carboxylic acids is 1. The maximum absolute atomic E-state index is 13.7. The largest absolute Gasteiger partial charge is 0.360 e. The van der Waals surface area contributed by atoms with E-state index < -0.39 is 0 Å². The van der Waals surface area contributed by atoms with Gasteiger partial charge in [0.1, 0.15) is 5.82 Å². The van der Waals surface area contributed by atoms with Crippen molar-refractivity contribution in [1.29, 1.82) is 0 Å². The lowest BCUT2D eigenvalue weighted by atomic mass is 10.0. The number of aryl methyl sites for hydroxylation is 1. The maximum atomic E-state index is 13.7. The molecular formula is C14H20FN3O. The van der Waals surface area contributed by atoms with Crippen LogP contribution in [0.25, 0.3) is 0 Å². The topological polar surface area (TPSA) is 49.6 Å². The van der Waals surface area contributed by atoms with Gasteiger partial charge in [-0.05, 0) is 37.1 Å². The minimum Gasteiger partial charge on any atom is -0.360 e. The zero-order valence-electron chi connectivity index (χ0n) is 11.6. The first-order chi connectivity index (χ1) is 8.90. The summed E-state index contributed by atoms with van der Waals surface area (Å²) in [6.07, 6.45) is 0. The standard InChI is InChI=1S/C14H20FN3O/c1-9-6-13(11(10(2)16)7-12(9)15)18-5-4-17(3)14(19)8-18/h6-7,10H,4-5,8,16H2,1-3H3. The molecule has 1 atom stereocenters. The number of benzene rings is 1. The molecule has 104 valence electrons. The van der Waals surface area contributed by atoms with Crippen molar-refractivity contribution in [3.05, 3.63) is 29.1 Å². The molecule has 0 saturated carbocycles. The van der Waals surface area contributed by atoms with Crippen LogP contribution in [0.4, 0.5) is 10.1 Å². The minimum atomic E-state index is -0.264. The highest BCUT2D eigenvalue weighted by Gasteiger charge is 2.24. The average Bonchev–Trinajstić information content (AvgIpc) is 2.35. The third kappa shape index (κ3) is 2.71. The molecule has 4 nitrogen and oxygen atoms in total. The van der Waals surface area contributed by atoms with Crippen molar-refractivity contribution in [2.24, 2.45) is 5.73 Å². The van der Waals surface area contributed by atoms with Gasteiger partial charge in [-0.2, -0.15) is 0 Å². The van der Waals surface area contributed by atoms with Crippen molar-refractivity contribution in [3.8, 4) is 0 Å². The zero-order valence-corrected chi connectivity index (χ0v) is 11.6. The van der Waals surface area contributed by atoms with Crippen LogP contribution in [0.5, 0.6) is 0 Å². The second-order valence-electron chi connectivity index (χ2n) is 5.19. The van der Waals surface area contributed by atoms with E-state index in [-0.39, 0.29) is 17.8 Å². The summed E-state index contributed by atoms with van der Waals surface area (Å²) in [6, 6.07) is 3.00. The molecule has 1 aliphatic rings. The summed E-state index contributed by atoms with van der Waals surface area (Å²) >= 11 is 0. The highest BCUT2D eigenvalue weighted by molar-refractivity contribution is 5.83. The monoisotopic (exact) mass is 265 g/mol. The number of piperazine rings is 1. The molecule has 1 aromatic carbocycles. The second-order valence-corrected chi connectivity index (χ2v) is 5.19. The van der Waals surface area contributed by atoms with Crippen molar-refractivity contribution in [2.45, 2.75) is 19.9 Å². The Bertz CT molecular complexity index is 502. The van der Waals surface area contributed by atoms with E-state index in [0.29, 0.717) is 18.7 Å². The summed E-state index contributed by atoms with van der Waals surface area (Å²) < 4.78 is 13.7. The molecular weight excluding hydrogens is 245 g/mol. The SMILES string of the molecule is Cc1cc(N2CCN(C)C(=O)C2)c(C(C)N)cc1F. The van der Waals surface area contributed by atoms with Crippen LogP contribution in [0.15, 0.2) is 12.1 Å². The van der Waals surface area contributed by atoms with Crippen molar-refractivity contribution in [3.63, 3.8) is 0 Å². The van der Waals surface area contributed by atoms with Crippen LogP contribution in [-0.2, 0) is 4.79 Å². The number of amides is 1. The summed E-state index contributed by atoms with van der Waals surface area (Å²) in [4.78, 5) is 15.5. The minimum absolute atomic E-state index is 0.0730. The number of hydrogen-bond acceptors (Lipinski definition) is 3. The van der Waals surface area contributed by atoms with Gasteiger partial charge in [0.05, 0.1) is 6.54 Å². The molecule has 0 spiro atoms. The van der Waals surface area contributed by atoms with Gasteiger partial charge in [-0.25, -0.2) is 4.39 Å². The van der Waals surface area contributed by atoms with Crippen LogP contribution >= 0.6 is 0 Å². The summed E-state index contributed by atoms with van der Waals surface area (Å²) in [5.41, 5.74) is 8.11. The van der Waals surface area contributed by atoms with Gasteiger partial charge in [0.15, 0.2) is 0 Å². The Morgan fingerprint density at radius 3 is 2.63 bits per heavy atom. The van der Waals surface area contributed by atoms with Crippen molar-refractivity contribution >= 4 is 11.6 Å². The van der Waals surface area contributed by atoms with Crippen LogP contribution in [0.2, 0.25) is 0 Å². The quantitative estimate of drug-likeness (QED) is 0.880. The molecule has 1 aliphatic heterocycles. The number of rotatable bonds is 2. The highest BCUT2D eigenvalue weighted by Crippen LogP contribution is 2.29. The summed E-state index contributed by atoms with van der Waals surface area (Å²) in [6.45, 7) is 5.29. The molecule has 2 N–H and O–H groups in total. The lowest BCUT2D eigenvalue weighted by Gasteiger charge is -2.35. The lowest BCUT2D eigenvalue weighted by molar-refractivity contribution is -0.129. The van der Waals surface area contributed by atoms with Gasteiger partial charge in [-0.15, -0.1) is 0 Å². The summed E-state index contributed by atoms with van der Waals surface area (Å²) in [5, 5.41) is 0. The Hall–Kier alpha value is -1.62. The Morgan fingerprint density at radius 2 is 2.05 bits per heavy atom. The Labute approximate surface area is 113 Å². The van der Waals surface area contributed by atoms with Gasteiger partial charge in [-0.1, -0.05) is 0 Å². The Kier molecular flexibility index (Phi) is 3.75. The number of anilines is 1. The molecule has 1 heterocycles. The van der Waals surface area contributed by atoms with Crippen molar-refractivity contribution in [1.82, 2.24) is 4.90 Å². The molecule has 1 amide bonds. The smallest absolute Gasteiger partial charge is 0.241 e. The van der Waals surface area contributed by atoms with E-state index in [9.17, 15) is 9.18 Å². The van der Waals surface area contributed by atoms with Gasteiger partial charge in [-0.3, -0.25) is 4.79 Å². The zero-order chi connectivity index (χ0) is 14.2. The fourth-order valence-corrected chi connectivity index (χ4v) is 2.28. The molecule has 0 aliphatic carbocycles. The van der Waals surface area contributed by atoms with Gasteiger partial charge in [0.25, 0.3) is 0 Å². The number of nitrogens with zero attached hydrogens (tertiary/aromatic N) is 2. The number of nitrogens with two attached hydrogens (primary N) is 1. The number of hydrogen-bond donors (Lipinski definition) is 1. The predicted octanol–water partition coefficient (Wildman–Crippen LogP) is 1.43. The average molecular weight is 265 g/mol. The molecule has 0 bridgehead atoms. The Balaban J connectivity index is 2.38. The molecule has 0 radical (unpaired) electrons. The van der Waals surface area contributed by atoms with E-state index in [2.05, 4.69) is 0 Å². The molecule has 5 heteroatoms. The first kappa shape index (κ1) is 13.8. The van der Waals surface area contributed by atoms with E-state index in [4.69, 9.17) is 5.73 Å². The number of carbonyl (C=O) groups is 1. The third-order valence-corrected chi connectivity index (χ3v) is 3.60. The molecule has 1 aromatic rings. The lowest BCUT2D eigenvalue weighted by Crippen LogP contribution is -2.49. The summed E-state index contributed by atoms with van der Waals surface area (Å²) in [7, 11) is 1.79. The van der Waals surface area contributed by atoms with Crippen molar-refractivity contribution in [2.75, 3.05) is 31.6 Å². The van der Waals surface area contributed by atoms with Crippen LogP contribution in [0.1, 0.15) is 24.1 Å². The fraction of sp³-hybridized carbons (Fsp3) is 0.500. The Morgan fingerprint density at radius 1 is 1.37 bits per heavy atom. The van der Waals surface area contributed by atoms with Crippen LogP contribution < -0.4 is 10.6 Å². The van der Waals surface area contributed by atoms with Crippen LogP contribution in [0.3, 0.4) is 0 Å². The van der Waals surface area contributed by atoms with Gasteiger partial charge in [0.2, 0.25) is 5.91 Å². The number of likely N-dealkylation sites (N-methyl/N-ethyl adjacent to an activating group) is 1. The second kappa shape index (κ2) is 5.17. The van der Waals surface area contributed by atoms with E-state index >= 15 is 0 Å². The maximum Gasteiger partial charge on any atom is 0.241 e. The third-order valence-electron chi connectivity index (χ3n) is 3.60. The van der Waals surface area contributed by atoms with E-state index in [1.807, 2.05) is 11.8 Å². The normalized spacial score (nSPS) is 17.8. The van der Waals surface area contributed by atoms with Gasteiger partial charge >= 0.3 is 0 Å². The summed E-state index contributed by atoms with van der Waals surface area (Å²) in [5.74, 6) is -0.180.